The van der Waals surface area contributed by atoms with E-state index in [1.54, 1.807) is 11.3 Å². The summed E-state index contributed by atoms with van der Waals surface area (Å²) in [6.07, 6.45) is 10.3. The van der Waals surface area contributed by atoms with E-state index in [-0.39, 0.29) is 0 Å². The van der Waals surface area contributed by atoms with Gasteiger partial charge in [-0.1, -0.05) is 59.8 Å². The molecule has 1 heterocycles. The molecular weight excluding hydrogens is 226 g/mol. The van der Waals surface area contributed by atoms with Crippen LogP contribution < -0.4 is 0 Å². The predicted octanol–water partition coefficient (Wildman–Crippen LogP) is 5.63. The second kappa shape index (κ2) is 7.15. The van der Waals surface area contributed by atoms with E-state index in [1.807, 2.05) is 11.7 Å². The van der Waals surface area contributed by atoms with Gasteiger partial charge in [-0.25, -0.2) is 0 Å². The van der Waals surface area contributed by atoms with Crippen LogP contribution in [0.25, 0.3) is 0 Å². The Bertz CT molecular complexity index is 290. The van der Waals surface area contributed by atoms with Crippen LogP contribution in [-0.2, 0) is 0 Å². The SMILES string of the molecule is CCCCCCCC(C)(C)C(C)c1cncs1. The lowest BCUT2D eigenvalue weighted by atomic mass is 9.75. The van der Waals surface area contributed by atoms with Gasteiger partial charge in [-0.15, -0.1) is 11.3 Å². The van der Waals surface area contributed by atoms with Gasteiger partial charge in [0.15, 0.2) is 0 Å². The van der Waals surface area contributed by atoms with E-state index < -0.39 is 0 Å². The number of unbranched alkanes of at least 4 members (excludes halogenated alkanes) is 4. The van der Waals surface area contributed by atoms with Gasteiger partial charge in [-0.2, -0.15) is 0 Å². The summed E-state index contributed by atoms with van der Waals surface area (Å²) in [7, 11) is 0. The minimum absolute atomic E-state index is 0.402. The van der Waals surface area contributed by atoms with E-state index in [0.29, 0.717) is 11.3 Å². The number of thiazole rings is 1. The second-order valence-corrected chi connectivity index (χ2v) is 6.70. The van der Waals surface area contributed by atoms with E-state index in [2.05, 4.69) is 32.7 Å². The third kappa shape index (κ3) is 4.79. The number of hydrogen-bond donors (Lipinski definition) is 0. The van der Waals surface area contributed by atoms with Crippen LogP contribution in [0.4, 0.5) is 0 Å². The van der Waals surface area contributed by atoms with Crippen LogP contribution in [0.3, 0.4) is 0 Å². The average Bonchev–Trinajstić information content (AvgIpc) is 2.81. The Hall–Kier alpha value is -0.370. The van der Waals surface area contributed by atoms with Gasteiger partial charge in [0.05, 0.1) is 5.51 Å². The quantitative estimate of drug-likeness (QED) is 0.547. The lowest BCUT2D eigenvalue weighted by Crippen LogP contribution is -2.19. The molecule has 0 aliphatic heterocycles. The highest BCUT2D eigenvalue weighted by Gasteiger charge is 2.27. The Morgan fingerprint density at radius 2 is 1.94 bits per heavy atom. The summed E-state index contributed by atoms with van der Waals surface area (Å²) in [5.74, 6) is 0.626. The van der Waals surface area contributed by atoms with Crippen LogP contribution in [0.1, 0.15) is 77.0 Å². The van der Waals surface area contributed by atoms with E-state index in [0.717, 1.165) is 0 Å². The fourth-order valence-corrected chi connectivity index (χ4v) is 3.11. The summed E-state index contributed by atoms with van der Waals surface area (Å²) in [6, 6.07) is 0. The molecule has 1 aromatic rings. The third-order valence-corrected chi connectivity index (χ3v) is 4.93. The minimum Gasteiger partial charge on any atom is -0.253 e. The number of nitrogens with zero attached hydrogens (tertiary/aromatic N) is 1. The van der Waals surface area contributed by atoms with E-state index in [1.165, 1.54) is 43.4 Å². The summed E-state index contributed by atoms with van der Waals surface area (Å²) >= 11 is 1.79. The van der Waals surface area contributed by atoms with E-state index in [9.17, 15) is 0 Å². The van der Waals surface area contributed by atoms with E-state index in [4.69, 9.17) is 0 Å². The molecule has 1 rings (SSSR count). The Kier molecular flexibility index (Phi) is 6.18. The molecule has 0 saturated heterocycles. The summed E-state index contributed by atoms with van der Waals surface area (Å²) in [5, 5.41) is 0. The van der Waals surface area contributed by atoms with Gasteiger partial charge < -0.3 is 0 Å². The molecule has 1 atom stereocenters. The summed E-state index contributed by atoms with van der Waals surface area (Å²) in [5.41, 5.74) is 2.35. The lowest BCUT2D eigenvalue weighted by Gasteiger charge is -2.31. The van der Waals surface area contributed by atoms with Gasteiger partial charge in [0, 0.05) is 11.1 Å². The summed E-state index contributed by atoms with van der Waals surface area (Å²) in [4.78, 5) is 5.63. The first kappa shape index (κ1) is 14.7. The van der Waals surface area contributed by atoms with Crippen molar-refractivity contribution >= 4 is 11.3 Å². The fraction of sp³-hybridized carbons (Fsp3) is 0.800. The van der Waals surface area contributed by atoms with Crippen LogP contribution in [0, 0.1) is 5.41 Å². The van der Waals surface area contributed by atoms with Gasteiger partial charge in [0.1, 0.15) is 0 Å². The van der Waals surface area contributed by atoms with Gasteiger partial charge in [0.2, 0.25) is 0 Å². The zero-order valence-electron chi connectivity index (χ0n) is 11.8. The molecule has 98 valence electrons. The molecule has 17 heavy (non-hydrogen) atoms. The van der Waals surface area contributed by atoms with Crippen LogP contribution in [0.15, 0.2) is 11.7 Å². The Labute approximate surface area is 111 Å². The van der Waals surface area contributed by atoms with Crippen molar-refractivity contribution in [3.63, 3.8) is 0 Å². The normalized spacial score (nSPS) is 13.9. The van der Waals surface area contributed by atoms with Gasteiger partial charge in [0.25, 0.3) is 0 Å². The zero-order chi connectivity index (χ0) is 12.7. The fourth-order valence-electron chi connectivity index (χ4n) is 2.23. The first-order chi connectivity index (χ1) is 8.08. The molecule has 0 N–H and O–H groups in total. The highest BCUT2D eigenvalue weighted by Crippen LogP contribution is 2.40. The standard InChI is InChI=1S/C15H27NS/c1-5-6-7-8-9-10-15(3,4)13(2)14-11-16-12-17-14/h11-13H,5-10H2,1-4H3. The van der Waals surface area contributed by atoms with Crippen LogP contribution in [0.5, 0.6) is 0 Å². The van der Waals surface area contributed by atoms with Crippen LogP contribution >= 0.6 is 11.3 Å². The molecule has 0 saturated carbocycles. The molecule has 0 aliphatic rings. The van der Waals surface area contributed by atoms with Crippen molar-refractivity contribution in [3.05, 3.63) is 16.6 Å². The maximum atomic E-state index is 4.20. The maximum absolute atomic E-state index is 4.20. The van der Waals surface area contributed by atoms with Gasteiger partial charge in [-0.05, 0) is 17.8 Å². The predicted molar refractivity (Wildman–Crippen MR) is 77.7 cm³/mol. The molecule has 0 radical (unpaired) electrons. The minimum atomic E-state index is 0.402. The van der Waals surface area contributed by atoms with Crippen molar-refractivity contribution in [2.24, 2.45) is 5.41 Å². The molecule has 0 aliphatic carbocycles. The largest absolute Gasteiger partial charge is 0.253 e. The first-order valence-corrected chi connectivity index (χ1v) is 7.84. The highest BCUT2D eigenvalue weighted by atomic mass is 32.1. The van der Waals surface area contributed by atoms with E-state index >= 15 is 0 Å². The molecular formula is C15H27NS. The Morgan fingerprint density at radius 3 is 2.53 bits per heavy atom. The van der Waals surface area contributed by atoms with Crippen LogP contribution in [-0.4, -0.2) is 4.98 Å². The average molecular weight is 253 g/mol. The van der Waals surface area contributed by atoms with Crippen LogP contribution in [0.2, 0.25) is 0 Å². The highest BCUT2D eigenvalue weighted by molar-refractivity contribution is 7.09. The third-order valence-electron chi connectivity index (χ3n) is 3.98. The number of hydrogen-bond acceptors (Lipinski definition) is 2. The topological polar surface area (TPSA) is 12.9 Å². The molecule has 1 unspecified atom stereocenters. The van der Waals surface area contributed by atoms with Crippen molar-refractivity contribution in [1.82, 2.24) is 4.98 Å². The molecule has 0 bridgehead atoms. The summed E-state index contributed by atoms with van der Waals surface area (Å²) < 4.78 is 0. The Balaban J connectivity index is 2.34. The lowest BCUT2D eigenvalue weighted by molar-refractivity contribution is 0.267. The Morgan fingerprint density at radius 1 is 1.24 bits per heavy atom. The monoisotopic (exact) mass is 253 g/mol. The van der Waals surface area contributed by atoms with Crippen molar-refractivity contribution in [2.75, 3.05) is 0 Å². The number of rotatable bonds is 8. The molecule has 1 nitrogen and oxygen atoms in total. The van der Waals surface area contributed by atoms with Crippen molar-refractivity contribution < 1.29 is 0 Å². The smallest absolute Gasteiger partial charge is 0.0794 e. The molecule has 1 aromatic heterocycles. The zero-order valence-corrected chi connectivity index (χ0v) is 12.6. The molecule has 0 aromatic carbocycles. The van der Waals surface area contributed by atoms with Gasteiger partial charge in [-0.3, -0.25) is 4.98 Å². The van der Waals surface area contributed by atoms with Crippen molar-refractivity contribution in [1.29, 1.82) is 0 Å². The maximum Gasteiger partial charge on any atom is 0.0794 e. The molecule has 0 amide bonds. The van der Waals surface area contributed by atoms with Crippen molar-refractivity contribution in [2.45, 2.75) is 72.1 Å². The molecule has 0 fully saturated rings. The molecule has 2 heteroatoms. The first-order valence-electron chi connectivity index (χ1n) is 6.96. The van der Waals surface area contributed by atoms with Crippen molar-refractivity contribution in [3.8, 4) is 0 Å². The summed E-state index contributed by atoms with van der Waals surface area (Å²) in [6.45, 7) is 9.42. The number of aromatic nitrogens is 1. The second-order valence-electron chi connectivity index (χ2n) is 5.78. The molecule has 0 spiro atoms. The van der Waals surface area contributed by atoms with Gasteiger partial charge >= 0.3 is 0 Å².